The Kier molecular flexibility index (Phi) is 6.73. The molecule has 78 valence electrons. The monoisotopic (exact) mass is 192 g/mol. The maximum Gasteiger partial charge on any atom is 0.152 e. The maximum atomic E-state index is 10.6. The van der Waals surface area contributed by atoms with E-state index in [9.17, 15) is 4.79 Å². The van der Waals surface area contributed by atoms with Gasteiger partial charge in [-0.15, -0.1) is 0 Å². The molecule has 0 atom stereocenters. The molecule has 0 aromatic carbocycles. The Morgan fingerprint density at radius 3 is 2.29 bits per heavy atom. The van der Waals surface area contributed by atoms with Crippen LogP contribution in [0, 0.1) is 0 Å². The van der Waals surface area contributed by atoms with Gasteiger partial charge in [0.05, 0.1) is 0 Å². The fourth-order valence-corrected chi connectivity index (χ4v) is 1.02. The second kappa shape index (κ2) is 7.31. The van der Waals surface area contributed by atoms with Crippen molar-refractivity contribution in [3.63, 3.8) is 0 Å². The van der Waals surface area contributed by atoms with Crippen molar-refractivity contribution in [2.45, 2.75) is 40.5 Å². The lowest BCUT2D eigenvalue weighted by Crippen LogP contribution is -1.79. The Hall–Kier alpha value is -1.11. The summed E-state index contributed by atoms with van der Waals surface area (Å²) in [5, 5.41) is 0. The topological polar surface area (TPSA) is 17.1 Å². The molecule has 0 aliphatic heterocycles. The summed E-state index contributed by atoms with van der Waals surface area (Å²) in [6.45, 7) is 7.86. The van der Waals surface area contributed by atoms with Gasteiger partial charge in [-0.1, -0.05) is 29.4 Å². The zero-order chi connectivity index (χ0) is 11.0. The van der Waals surface area contributed by atoms with E-state index in [2.05, 4.69) is 26.8 Å². The summed E-state index contributed by atoms with van der Waals surface area (Å²) in [6, 6.07) is 0. The number of ketones is 1. The molecule has 0 amide bonds. The molecule has 1 nitrogen and oxygen atoms in total. The van der Waals surface area contributed by atoms with Crippen molar-refractivity contribution in [3.05, 3.63) is 35.5 Å². The van der Waals surface area contributed by atoms with Gasteiger partial charge >= 0.3 is 0 Å². The number of hydrogen-bond donors (Lipinski definition) is 0. The molecule has 0 aromatic rings. The first-order valence-corrected chi connectivity index (χ1v) is 5.00. The fourth-order valence-electron chi connectivity index (χ4n) is 1.02. The molecule has 0 aliphatic carbocycles. The van der Waals surface area contributed by atoms with Crippen LogP contribution in [0.2, 0.25) is 0 Å². The predicted octanol–water partition coefficient (Wildman–Crippen LogP) is 3.82. The van der Waals surface area contributed by atoms with E-state index in [0.717, 1.165) is 12.8 Å². The van der Waals surface area contributed by atoms with Crippen LogP contribution in [0.4, 0.5) is 0 Å². The van der Waals surface area contributed by atoms with Gasteiger partial charge in [0, 0.05) is 0 Å². The van der Waals surface area contributed by atoms with Gasteiger partial charge in [-0.05, 0) is 46.6 Å². The van der Waals surface area contributed by atoms with E-state index in [1.54, 1.807) is 13.0 Å². The van der Waals surface area contributed by atoms with Crippen LogP contribution in [-0.2, 0) is 4.79 Å². The summed E-state index contributed by atoms with van der Waals surface area (Å²) in [5.41, 5.74) is 2.66. The molecule has 0 N–H and O–H groups in total. The smallest absolute Gasteiger partial charge is 0.152 e. The highest BCUT2D eigenvalue weighted by Gasteiger charge is 1.87. The first-order valence-electron chi connectivity index (χ1n) is 5.00. The Morgan fingerprint density at radius 1 is 1.14 bits per heavy atom. The maximum absolute atomic E-state index is 10.6. The van der Waals surface area contributed by atoms with Gasteiger partial charge in [0.15, 0.2) is 5.78 Å². The molecule has 0 heterocycles. The Morgan fingerprint density at radius 2 is 1.79 bits per heavy atom. The number of rotatable bonds is 5. The van der Waals surface area contributed by atoms with E-state index in [1.165, 1.54) is 11.1 Å². The van der Waals surface area contributed by atoms with Crippen LogP contribution in [0.15, 0.2) is 35.5 Å². The summed E-state index contributed by atoms with van der Waals surface area (Å²) >= 11 is 0. The third-order valence-electron chi connectivity index (χ3n) is 1.80. The van der Waals surface area contributed by atoms with E-state index in [4.69, 9.17) is 0 Å². The molecule has 0 saturated heterocycles. The highest BCUT2D eigenvalue weighted by molar-refractivity contribution is 5.87. The molecular weight excluding hydrogens is 172 g/mol. The van der Waals surface area contributed by atoms with Gasteiger partial charge in [-0.25, -0.2) is 0 Å². The molecule has 0 unspecified atom stereocenters. The number of hydrogen-bond acceptors (Lipinski definition) is 1. The molecule has 0 spiro atoms. The molecule has 0 saturated carbocycles. The quantitative estimate of drug-likeness (QED) is 0.367. The average molecular weight is 192 g/mol. The lowest BCUT2D eigenvalue weighted by Gasteiger charge is -1.96. The SMILES string of the molecule is CC(=O)/C=C/C=C(/C)CCC=C(C)C. The highest BCUT2D eigenvalue weighted by Crippen LogP contribution is 2.06. The zero-order valence-corrected chi connectivity index (χ0v) is 9.63. The molecule has 0 fully saturated rings. The second-order valence-electron chi connectivity index (χ2n) is 3.80. The molecular formula is C13H20O. The van der Waals surface area contributed by atoms with Gasteiger partial charge in [-0.2, -0.15) is 0 Å². The number of allylic oxidation sites excluding steroid dienone is 6. The molecule has 0 aliphatic rings. The second-order valence-corrected chi connectivity index (χ2v) is 3.80. The summed E-state index contributed by atoms with van der Waals surface area (Å²) in [5.74, 6) is 0.0957. The van der Waals surface area contributed by atoms with Crippen LogP contribution < -0.4 is 0 Å². The molecule has 0 rings (SSSR count). The molecule has 14 heavy (non-hydrogen) atoms. The van der Waals surface area contributed by atoms with Crippen LogP contribution >= 0.6 is 0 Å². The van der Waals surface area contributed by atoms with Gasteiger partial charge in [0.25, 0.3) is 0 Å². The van der Waals surface area contributed by atoms with Crippen LogP contribution in [0.25, 0.3) is 0 Å². The minimum absolute atomic E-state index is 0.0957. The van der Waals surface area contributed by atoms with E-state index in [1.807, 2.05) is 12.2 Å². The van der Waals surface area contributed by atoms with E-state index in [-0.39, 0.29) is 5.78 Å². The Balaban J connectivity index is 3.90. The van der Waals surface area contributed by atoms with Crippen LogP contribution in [0.5, 0.6) is 0 Å². The first kappa shape index (κ1) is 12.9. The third kappa shape index (κ3) is 8.98. The minimum atomic E-state index is 0.0957. The summed E-state index contributed by atoms with van der Waals surface area (Å²) in [4.78, 5) is 10.6. The zero-order valence-electron chi connectivity index (χ0n) is 9.63. The first-order chi connectivity index (χ1) is 6.52. The van der Waals surface area contributed by atoms with E-state index < -0.39 is 0 Å². The van der Waals surface area contributed by atoms with Crippen LogP contribution in [0.1, 0.15) is 40.5 Å². The van der Waals surface area contributed by atoms with Gasteiger partial charge in [0.1, 0.15) is 0 Å². The van der Waals surface area contributed by atoms with Crippen molar-refractivity contribution in [2.75, 3.05) is 0 Å². The molecule has 1 heteroatoms. The third-order valence-corrected chi connectivity index (χ3v) is 1.80. The summed E-state index contributed by atoms with van der Waals surface area (Å²) < 4.78 is 0. The normalized spacial score (nSPS) is 11.9. The van der Waals surface area contributed by atoms with Crippen molar-refractivity contribution in [3.8, 4) is 0 Å². The summed E-state index contributed by atoms with van der Waals surface area (Å²) in [7, 11) is 0. The summed E-state index contributed by atoms with van der Waals surface area (Å²) in [6.07, 6.45) is 9.78. The van der Waals surface area contributed by atoms with Crippen LogP contribution in [-0.4, -0.2) is 5.78 Å². The van der Waals surface area contributed by atoms with E-state index >= 15 is 0 Å². The van der Waals surface area contributed by atoms with Crippen molar-refractivity contribution in [1.82, 2.24) is 0 Å². The molecule has 0 radical (unpaired) electrons. The van der Waals surface area contributed by atoms with E-state index in [0.29, 0.717) is 0 Å². The van der Waals surface area contributed by atoms with Crippen molar-refractivity contribution < 1.29 is 4.79 Å². The highest BCUT2D eigenvalue weighted by atomic mass is 16.1. The Labute approximate surface area is 87.2 Å². The Bertz CT molecular complexity index is 263. The lowest BCUT2D eigenvalue weighted by molar-refractivity contribution is -0.112. The largest absolute Gasteiger partial charge is 0.295 e. The van der Waals surface area contributed by atoms with Crippen molar-refractivity contribution in [2.24, 2.45) is 0 Å². The van der Waals surface area contributed by atoms with Crippen LogP contribution in [0.3, 0.4) is 0 Å². The molecule has 0 bridgehead atoms. The number of carbonyl (C=O) groups is 1. The van der Waals surface area contributed by atoms with Crippen molar-refractivity contribution >= 4 is 5.78 Å². The minimum Gasteiger partial charge on any atom is -0.295 e. The average Bonchev–Trinajstić information content (AvgIpc) is 2.02. The lowest BCUT2D eigenvalue weighted by atomic mass is 10.1. The van der Waals surface area contributed by atoms with Gasteiger partial charge < -0.3 is 0 Å². The van der Waals surface area contributed by atoms with Gasteiger partial charge in [0.2, 0.25) is 0 Å². The predicted molar refractivity (Wildman–Crippen MR) is 62.2 cm³/mol. The van der Waals surface area contributed by atoms with Gasteiger partial charge in [-0.3, -0.25) is 4.79 Å². The van der Waals surface area contributed by atoms with Crippen molar-refractivity contribution in [1.29, 1.82) is 0 Å². The number of carbonyl (C=O) groups excluding carboxylic acids is 1. The molecule has 0 aromatic heterocycles. The standard InChI is InChI=1S/C13H20O/c1-11(2)7-5-8-12(3)9-6-10-13(4)14/h6-7,9-10H,5,8H2,1-4H3/b10-6+,12-9-. The fraction of sp³-hybridized carbons (Fsp3) is 0.462.